The maximum absolute atomic E-state index is 12.9. The lowest BCUT2D eigenvalue weighted by Crippen LogP contribution is -2.17. The van der Waals surface area contributed by atoms with Crippen molar-refractivity contribution in [2.45, 2.75) is 24.6 Å². The third kappa shape index (κ3) is 6.11. The summed E-state index contributed by atoms with van der Waals surface area (Å²) >= 11 is 0. The molecule has 0 bridgehead atoms. The van der Waals surface area contributed by atoms with Gasteiger partial charge in [0.25, 0.3) is 15.9 Å². The Morgan fingerprint density at radius 2 is 1.70 bits per heavy atom. The molecule has 0 atom stereocenters. The first-order valence-electron chi connectivity index (χ1n) is 9.69. The number of rotatable bonds is 7. The summed E-state index contributed by atoms with van der Waals surface area (Å²) in [6, 6.07) is 14.9. The SMILES string of the molecule is COCc1cccc(C(=O)Nc2ccc(C)c(S(=O)(=O)Nc3cccc(C(F)(F)F)c3)c2)c1. The lowest BCUT2D eigenvalue weighted by molar-refractivity contribution is -0.137. The van der Waals surface area contributed by atoms with Crippen LogP contribution < -0.4 is 10.0 Å². The van der Waals surface area contributed by atoms with Gasteiger partial charge in [0.15, 0.2) is 0 Å². The molecule has 174 valence electrons. The standard InChI is InChI=1S/C23H21F3N2O4S/c1-15-9-10-19(27-22(29)17-6-3-5-16(11-17)14-32-2)13-21(15)33(30,31)28-20-8-4-7-18(12-20)23(24,25)26/h3-13,28H,14H2,1-2H3,(H,27,29). The molecule has 0 heterocycles. The second-order valence-electron chi connectivity index (χ2n) is 7.25. The van der Waals surface area contributed by atoms with Gasteiger partial charge in [0.05, 0.1) is 17.1 Å². The van der Waals surface area contributed by atoms with Gasteiger partial charge in [-0.15, -0.1) is 0 Å². The molecular formula is C23H21F3N2O4S. The highest BCUT2D eigenvalue weighted by Gasteiger charge is 2.31. The quantitative estimate of drug-likeness (QED) is 0.488. The molecule has 6 nitrogen and oxygen atoms in total. The second kappa shape index (κ2) is 9.63. The van der Waals surface area contributed by atoms with Crippen molar-refractivity contribution in [3.05, 3.63) is 89.0 Å². The highest BCUT2D eigenvalue weighted by atomic mass is 32.2. The number of amides is 1. The molecule has 3 aromatic rings. The predicted octanol–water partition coefficient (Wildman–Crippen LogP) is 5.21. The lowest BCUT2D eigenvalue weighted by atomic mass is 10.1. The first kappa shape index (κ1) is 24.3. The van der Waals surface area contributed by atoms with Crippen LogP contribution in [-0.2, 0) is 27.5 Å². The van der Waals surface area contributed by atoms with Crippen molar-refractivity contribution in [3.8, 4) is 0 Å². The Balaban J connectivity index is 1.85. The Hall–Kier alpha value is -3.37. The Labute approximate surface area is 189 Å². The first-order valence-corrected chi connectivity index (χ1v) is 11.2. The number of methoxy groups -OCH3 is 1. The topological polar surface area (TPSA) is 84.5 Å². The van der Waals surface area contributed by atoms with E-state index in [9.17, 15) is 26.4 Å². The Morgan fingerprint density at radius 1 is 0.970 bits per heavy atom. The summed E-state index contributed by atoms with van der Waals surface area (Å²) in [7, 11) is -2.69. The molecule has 0 aliphatic heterocycles. The van der Waals surface area contributed by atoms with Gasteiger partial charge in [0.2, 0.25) is 0 Å². The van der Waals surface area contributed by atoms with Crippen molar-refractivity contribution in [1.29, 1.82) is 0 Å². The van der Waals surface area contributed by atoms with Gasteiger partial charge in [0.1, 0.15) is 0 Å². The Kier molecular flexibility index (Phi) is 7.09. The molecule has 0 spiro atoms. The number of carbonyl (C=O) groups is 1. The zero-order valence-corrected chi connectivity index (χ0v) is 18.5. The van der Waals surface area contributed by atoms with Gasteiger partial charge in [-0.3, -0.25) is 9.52 Å². The molecular weight excluding hydrogens is 457 g/mol. The number of nitrogens with one attached hydrogen (secondary N) is 2. The fourth-order valence-corrected chi connectivity index (χ4v) is 4.43. The number of sulfonamides is 1. The molecule has 0 aromatic heterocycles. The fourth-order valence-electron chi connectivity index (χ4n) is 3.11. The number of benzene rings is 3. The number of hydrogen-bond donors (Lipinski definition) is 2. The molecule has 0 saturated heterocycles. The van der Waals surface area contributed by atoms with E-state index in [1.807, 2.05) is 0 Å². The highest BCUT2D eigenvalue weighted by Crippen LogP contribution is 2.31. The maximum atomic E-state index is 12.9. The van der Waals surface area contributed by atoms with Crippen LogP contribution in [0.5, 0.6) is 0 Å². The molecule has 0 unspecified atom stereocenters. The molecule has 0 radical (unpaired) electrons. The number of anilines is 2. The number of alkyl halides is 3. The minimum absolute atomic E-state index is 0.175. The summed E-state index contributed by atoms with van der Waals surface area (Å²) in [6.45, 7) is 1.87. The van der Waals surface area contributed by atoms with Crippen molar-refractivity contribution in [2.75, 3.05) is 17.1 Å². The van der Waals surface area contributed by atoms with Gasteiger partial charge >= 0.3 is 6.18 Å². The van der Waals surface area contributed by atoms with Crippen LogP contribution in [0.4, 0.5) is 24.5 Å². The van der Waals surface area contributed by atoms with E-state index in [4.69, 9.17) is 4.74 Å². The van der Waals surface area contributed by atoms with E-state index in [-0.39, 0.29) is 16.3 Å². The summed E-state index contributed by atoms with van der Waals surface area (Å²) in [5, 5.41) is 2.64. The van der Waals surface area contributed by atoms with Crippen molar-refractivity contribution < 1.29 is 31.1 Å². The smallest absolute Gasteiger partial charge is 0.380 e. The Morgan fingerprint density at radius 3 is 2.39 bits per heavy atom. The monoisotopic (exact) mass is 478 g/mol. The first-order chi connectivity index (χ1) is 15.5. The average molecular weight is 478 g/mol. The molecule has 10 heteroatoms. The predicted molar refractivity (Wildman–Crippen MR) is 119 cm³/mol. The molecule has 0 saturated carbocycles. The Bertz CT molecular complexity index is 1270. The van der Waals surface area contributed by atoms with Crippen LogP contribution in [0.1, 0.15) is 27.0 Å². The molecule has 0 aliphatic carbocycles. The van der Waals surface area contributed by atoms with Crippen molar-refractivity contribution in [2.24, 2.45) is 0 Å². The van der Waals surface area contributed by atoms with Crippen LogP contribution in [0, 0.1) is 6.92 Å². The second-order valence-corrected chi connectivity index (χ2v) is 8.90. The third-order valence-corrected chi connectivity index (χ3v) is 6.20. The van der Waals surface area contributed by atoms with Gasteiger partial charge < -0.3 is 10.1 Å². The highest BCUT2D eigenvalue weighted by molar-refractivity contribution is 7.92. The molecule has 1 amide bonds. The van der Waals surface area contributed by atoms with Crippen molar-refractivity contribution in [3.63, 3.8) is 0 Å². The van der Waals surface area contributed by atoms with Gasteiger partial charge in [-0.1, -0.05) is 24.3 Å². The number of carbonyl (C=O) groups excluding carboxylic acids is 1. The van der Waals surface area contributed by atoms with Crippen LogP contribution in [0.3, 0.4) is 0 Å². The zero-order chi connectivity index (χ0) is 24.2. The third-order valence-electron chi connectivity index (χ3n) is 4.68. The summed E-state index contributed by atoms with van der Waals surface area (Å²) in [6.07, 6.45) is -4.61. The summed E-state index contributed by atoms with van der Waals surface area (Å²) in [5.74, 6) is -0.453. The van der Waals surface area contributed by atoms with Crippen molar-refractivity contribution in [1.82, 2.24) is 0 Å². The number of ether oxygens (including phenoxy) is 1. The largest absolute Gasteiger partial charge is 0.416 e. The van der Waals surface area contributed by atoms with E-state index in [0.717, 1.165) is 17.7 Å². The maximum Gasteiger partial charge on any atom is 0.416 e. The van der Waals surface area contributed by atoms with E-state index in [1.54, 1.807) is 31.2 Å². The van der Waals surface area contributed by atoms with E-state index >= 15 is 0 Å². The summed E-state index contributed by atoms with van der Waals surface area (Å²) in [5.41, 5.74) is 0.519. The number of aryl methyl sites for hydroxylation is 1. The molecule has 3 rings (SSSR count). The van der Waals surface area contributed by atoms with Crippen LogP contribution in [0.25, 0.3) is 0 Å². The number of halogens is 3. The van der Waals surface area contributed by atoms with E-state index in [2.05, 4.69) is 10.0 Å². The summed E-state index contributed by atoms with van der Waals surface area (Å²) < 4.78 is 71.8. The van der Waals surface area contributed by atoms with Crippen molar-refractivity contribution >= 4 is 27.3 Å². The average Bonchev–Trinajstić information content (AvgIpc) is 2.74. The van der Waals surface area contributed by atoms with E-state index in [1.165, 1.54) is 31.4 Å². The van der Waals surface area contributed by atoms with Gasteiger partial charge in [0, 0.05) is 24.0 Å². The normalized spacial score (nSPS) is 11.8. The minimum Gasteiger partial charge on any atom is -0.380 e. The van der Waals surface area contributed by atoms with Crippen LogP contribution in [-0.4, -0.2) is 21.4 Å². The van der Waals surface area contributed by atoms with E-state index < -0.39 is 27.7 Å². The molecule has 2 N–H and O–H groups in total. The van der Waals surface area contributed by atoms with Gasteiger partial charge in [-0.2, -0.15) is 13.2 Å². The van der Waals surface area contributed by atoms with Crippen LogP contribution >= 0.6 is 0 Å². The fraction of sp³-hybridized carbons (Fsp3) is 0.174. The van der Waals surface area contributed by atoms with Gasteiger partial charge in [-0.25, -0.2) is 8.42 Å². The number of hydrogen-bond acceptors (Lipinski definition) is 4. The van der Waals surface area contributed by atoms with Crippen LogP contribution in [0.15, 0.2) is 71.6 Å². The molecule has 0 aliphatic rings. The zero-order valence-electron chi connectivity index (χ0n) is 17.7. The van der Waals surface area contributed by atoms with Crippen LogP contribution in [0.2, 0.25) is 0 Å². The molecule has 33 heavy (non-hydrogen) atoms. The summed E-state index contributed by atoms with van der Waals surface area (Å²) in [4.78, 5) is 12.4. The van der Waals surface area contributed by atoms with Gasteiger partial charge in [-0.05, 0) is 60.5 Å². The molecule has 3 aromatic carbocycles. The lowest BCUT2D eigenvalue weighted by Gasteiger charge is -2.14. The van der Waals surface area contributed by atoms with E-state index in [0.29, 0.717) is 23.8 Å². The minimum atomic E-state index is -4.61. The molecule has 0 fully saturated rings.